The van der Waals surface area contributed by atoms with Gasteiger partial charge in [-0.25, -0.2) is 8.42 Å². The lowest BCUT2D eigenvalue weighted by Gasteiger charge is -2.10. The van der Waals surface area contributed by atoms with E-state index in [2.05, 4.69) is 10.0 Å². The standard InChI is InChI=1S/C21H20N2O4S/c1-15-3-7-18(8-4-15)23-28(25,26)20-13-9-17(10-14-20)22-21(24)16-5-11-19(27-2)12-6-16/h3-14,23H,1-2H3,(H,22,24). The highest BCUT2D eigenvalue weighted by atomic mass is 32.2. The zero-order valence-electron chi connectivity index (χ0n) is 15.5. The molecule has 144 valence electrons. The molecule has 3 aromatic carbocycles. The van der Waals surface area contributed by atoms with E-state index in [1.165, 1.54) is 12.1 Å². The van der Waals surface area contributed by atoms with Crippen molar-refractivity contribution in [2.45, 2.75) is 11.8 Å². The lowest BCUT2D eigenvalue weighted by Crippen LogP contribution is -2.14. The normalized spacial score (nSPS) is 10.9. The number of carbonyl (C=O) groups is 1. The minimum atomic E-state index is -3.71. The Morgan fingerprint density at radius 3 is 1.96 bits per heavy atom. The van der Waals surface area contributed by atoms with E-state index < -0.39 is 10.0 Å². The van der Waals surface area contributed by atoms with Gasteiger partial charge in [0, 0.05) is 16.9 Å². The van der Waals surface area contributed by atoms with Crippen LogP contribution in [0, 0.1) is 6.92 Å². The van der Waals surface area contributed by atoms with Crippen LogP contribution in [-0.2, 0) is 10.0 Å². The number of hydrogen-bond donors (Lipinski definition) is 2. The first-order valence-electron chi connectivity index (χ1n) is 8.52. The smallest absolute Gasteiger partial charge is 0.261 e. The highest BCUT2D eigenvalue weighted by Crippen LogP contribution is 2.19. The predicted octanol–water partition coefficient (Wildman–Crippen LogP) is 4.06. The van der Waals surface area contributed by atoms with Crippen molar-refractivity contribution >= 4 is 27.3 Å². The molecule has 0 saturated heterocycles. The average Bonchev–Trinajstić information content (AvgIpc) is 2.70. The number of hydrogen-bond acceptors (Lipinski definition) is 4. The molecule has 0 aliphatic carbocycles. The van der Waals surface area contributed by atoms with Gasteiger partial charge in [0.25, 0.3) is 15.9 Å². The Kier molecular flexibility index (Phi) is 5.65. The third kappa shape index (κ3) is 4.69. The van der Waals surface area contributed by atoms with Gasteiger partial charge in [0.1, 0.15) is 5.75 Å². The second-order valence-electron chi connectivity index (χ2n) is 6.18. The van der Waals surface area contributed by atoms with Gasteiger partial charge in [-0.3, -0.25) is 9.52 Å². The maximum atomic E-state index is 12.5. The molecule has 0 bridgehead atoms. The summed E-state index contributed by atoms with van der Waals surface area (Å²) in [7, 11) is -2.15. The Morgan fingerprint density at radius 1 is 0.821 bits per heavy atom. The molecule has 0 aromatic heterocycles. The molecule has 0 spiro atoms. The van der Waals surface area contributed by atoms with E-state index in [-0.39, 0.29) is 10.8 Å². The van der Waals surface area contributed by atoms with Crippen molar-refractivity contribution in [1.82, 2.24) is 0 Å². The number of rotatable bonds is 6. The molecule has 0 radical (unpaired) electrons. The maximum Gasteiger partial charge on any atom is 0.261 e. The van der Waals surface area contributed by atoms with E-state index >= 15 is 0 Å². The zero-order valence-corrected chi connectivity index (χ0v) is 16.3. The number of nitrogens with one attached hydrogen (secondary N) is 2. The second kappa shape index (κ2) is 8.14. The van der Waals surface area contributed by atoms with E-state index in [1.807, 2.05) is 19.1 Å². The molecular weight excluding hydrogens is 376 g/mol. The first-order chi connectivity index (χ1) is 13.4. The minimum Gasteiger partial charge on any atom is -0.497 e. The van der Waals surface area contributed by atoms with Gasteiger partial charge in [0.2, 0.25) is 0 Å². The summed E-state index contributed by atoms with van der Waals surface area (Å²) in [5.74, 6) is 0.364. The van der Waals surface area contributed by atoms with Crippen molar-refractivity contribution in [3.63, 3.8) is 0 Å². The van der Waals surface area contributed by atoms with Crippen LogP contribution in [0.1, 0.15) is 15.9 Å². The maximum absolute atomic E-state index is 12.5. The Labute approximate surface area is 164 Å². The Morgan fingerprint density at radius 2 is 1.39 bits per heavy atom. The lowest BCUT2D eigenvalue weighted by molar-refractivity contribution is 0.102. The fourth-order valence-electron chi connectivity index (χ4n) is 2.50. The van der Waals surface area contributed by atoms with Crippen LogP contribution in [0.25, 0.3) is 0 Å². The van der Waals surface area contributed by atoms with Gasteiger partial charge in [-0.05, 0) is 67.6 Å². The molecule has 3 aromatic rings. The molecule has 6 nitrogen and oxygen atoms in total. The van der Waals surface area contributed by atoms with Crippen LogP contribution >= 0.6 is 0 Å². The van der Waals surface area contributed by atoms with Crippen molar-refractivity contribution < 1.29 is 17.9 Å². The molecule has 0 atom stereocenters. The van der Waals surface area contributed by atoms with E-state index in [4.69, 9.17) is 4.74 Å². The van der Waals surface area contributed by atoms with Crippen LogP contribution < -0.4 is 14.8 Å². The molecule has 3 rings (SSSR count). The molecule has 0 aliphatic rings. The molecule has 1 amide bonds. The van der Waals surface area contributed by atoms with E-state index in [0.29, 0.717) is 22.7 Å². The third-order valence-electron chi connectivity index (χ3n) is 4.08. The van der Waals surface area contributed by atoms with E-state index in [0.717, 1.165) is 5.56 Å². The van der Waals surface area contributed by atoms with E-state index in [9.17, 15) is 13.2 Å². The lowest BCUT2D eigenvalue weighted by atomic mass is 10.2. The summed E-state index contributed by atoms with van der Waals surface area (Å²) in [5.41, 5.74) is 2.50. The largest absolute Gasteiger partial charge is 0.497 e. The number of carbonyl (C=O) groups excluding carboxylic acids is 1. The van der Waals surface area contributed by atoms with Crippen LogP contribution in [0.15, 0.2) is 77.7 Å². The SMILES string of the molecule is COc1ccc(C(=O)Nc2ccc(S(=O)(=O)Nc3ccc(C)cc3)cc2)cc1. The van der Waals surface area contributed by atoms with Crippen molar-refractivity contribution in [2.24, 2.45) is 0 Å². The predicted molar refractivity (Wildman–Crippen MR) is 109 cm³/mol. The first-order valence-corrected chi connectivity index (χ1v) is 10.0. The first kappa shape index (κ1) is 19.4. The van der Waals surface area contributed by atoms with Gasteiger partial charge in [-0.2, -0.15) is 0 Å². The van der Waals surface area contributed by atoms with Crippen molar-refractivity contribution in [2.75, 3.05) is 17.1 Å². The summed E-state index contributed by atoms with van der Waals surface area (Å²) < 4.78 is 32.6. The van der Waals surface area contributed by atoms with Gasteiger partial charge >= 0.3 is 0 Å². The van der Waals surface area contributed by atoms with Crippen LogP contribution in [0.2, 0.25) is 0 Å². The Hall–Kier alpha value is -3.32. The molecule has 7 heteroatoms. The number of amides is 1. The van der Waals surface area contributed by atoms with Gasteiger partial charge in [-0.15, -0.1) is 0 Å². The highest BCUT2D eigenvalue weighted by molar-refractivity contribution is 7.92. The Balaban J connectivity index is 1.69. The fraction of sp³-hybridized carbons (Fsp3) is 0.0952. The van der Waals surface area contributed by atoms with Crippen molar-refractivity contribution in [3.8, 4) is 5.75 Å². The minimum absolute atomic E-state index is 0.107. The zero-order chi connectivity index (χ0) is 20.1. The number of sulfonamides is 1. The van der Waals surface area contributed by atoms with E-state index in [1.54, 1.807) is 55.6 Å². The summed E-state index contributed by atoms with van der Waals surface area (Å²) in [6.45, 7) is 1.93. The molecule has 0 aliphatic heterocycles. The molecule has 28 heavy (non-hydrogen) atoms. The quantitative estimate of drug-likeness (QED) is 0.658. The highest BCUT2D eigenvalue weighted by Gasteiger charge is 2.14. The summed E-state index contributed by atoms with van der Waals surface area (Å²) in [6.07, 6.45) is 0. The van der Waals surface area contributed by atoms with Gasteiger partial charge in [0.05, 0.1) is 12.0 Å². The van der Waals surface area contributed by atoms with Crippen LogP contribution in [0.5, 0.6) is 5.75 Å². The van der Waals surface area contributed by atoms with Gasteiger partial charge in [0.15, 0.2) is 0 Å². The summed E-state index contributed by atoms with van der Waals surface area (Å²) in [5, 5.41) is 2.74. The second-order valence-corrected chi connectivity index (χ2v) is 7.86. The molecule has 0 saturated carbocycles. The Bertz CT molecular complexity index is 1060. The number of methoxy groups -OCH3 is 1. The number of benzene rings is 3. The average molecular weight is 396 g/mol. The fourth-order valence-corrected chi connectivity index (χ4v) is 3.56. The molecule has 2 N–H and O–H groups in total. The number of anilines is 2. The topological polar surface area (TPSA) is 84.5 Å². The van der Waals surface area contributed by atoms with Gasteiger partial charge in [-0.1, -0.05) is 17.7 Å². The molecule has 0 heterocycles. The number of ether oxygens (including phenoxy) is 1. The van der Waals surface area contributed by atoms with Crippen LogP contribution in [0.3, 0.4) is 0 Å². The molecular formula is C21H20N2O4S. The van der Waals surface area contributed by atoms with Gasteiger partial charge < -0.3 is 10.1 Å². The monoisotopic (exact) mass is 396 g/mol. The van der Waals surface area contributed by atoms with Crippen molar-refractivity contribution in [3.05, 3.63) is 83.9 Å². The molecule has 0 fully saturated rings. The summed E-state index contributed by atoms with van der Waals surface area (Å²) in [6, 6.07) is 19.7. The van der Waals surface area contributed by atoms with Crippen LogP contribution in [0.4, 0.5) is 11.4 Å². The summed E-state index contributed by atoms with van der Waals surface area (Å²) in [4.78, 5) is 12.4. The van der Waals surface area contributed by atoms with Crippen LogP contribution in [-0.4, -0.2) is 21.4 Å². The molecule has 0 unspecified atom stereocenters. The summed E-state index contributed by atoms with van der Waals surface area (Å²) >= 11 is 0. The third-order valence-corrected chi connectivity index (χ3v) is 5.48. The number of aryl methyl sites for hydroxylation is 1. The van der Waals surface area contributed by atoms with Crippen molar-refractivity contribution in [1.29, 1.82) is 0 Å².